The Hall–Kier alpha value is -2.07. The Bertz CT molecular complexity index is 1160. The maximum absolute atomic E-state index is 12.4. The second-order valence-electron chi connectivity index (χ2n) is 6.43. The number of thioether (sulfide) groups is 1. The Morgan fingerprint density at radius 3 is 2.69 bits per heavy atom. The molecule has 0 aliphatic rings. The van der Waals surface area contributed by atoms with E-state index >= 15 is 0 Å². The highest BCUT2D eigenvalue weighted by Crippen LogP contribution is 2.26. The van der Waals surface area contributed by atoms with Crippen LogP contribution in [-0.4, -0.2) is 29.6 Å². The van der Waals surface area contributed by atoms with Gasteiger partial charge in [-0.25, -0.2) is 18.5 Å². The van der Waals surface area contributed by atoms with Gasteiger partial charge in [-0.15, -0.1) is 0 Å². The first-order chi connectivity index (χ1) is 13.7. The number of nitrogens with zero attached hydrogens (tertiary/aromatic N) is 2. The van der Waals surface area contributed by atoms with Gasteiger partial charge in [0.05, 0.1) is 27.7 Å². The van der Waals surface area contributed by atoms with Crippen molar-refractivity contribution in [1.82, 2.24) is 14.9 Å². The molecule has 7 nitrogen and oxygen atoms in total. The number of hydrogen-bond donors (Lipinski definition) is 2. The number of aryl methyl sites for hydroxylation is 1. The number of halogens is 1. The summed E-state index contributed by atoms with van der Waals surface area (Å²) in [6, 6.07) is 11.7. The molecule has 0 fully saturated rings. The number of amides is 1. The number of aromatic nitrogens is 2. The van der Waals surface area contributed by atoms with Gasteiger partial charge in [-0.3, -0.25) is 4.79 Å². The van der Waals surface area contributed by atoms with Crippen molar-refractivity contribution < 1.29 is 13.2 Å². The summed E-state index contributed by atoms with van der Waals surface area (Å²) in [6.45, 7) is 4.46. The van der Waals surface area contributed by atoms with Gasteiger partial charge in [-0.1, -0.05) is 41.6 Å². The Morgan fingerprint density at radius 1 is 1.31 bits per heavy atom. The Labute approximate surface area is 178 Å². The number of imidazole rings is 1. The Morgan fingerprint density at radius 2 is 2.03 bits per heavy atom. The van der Waals surface area contributed by atoms with Crippen molar-refractivity contribution >= 4 is 50.3 Å². The zero-order valence-electron chi connectivity index (χ0n) is 15.9. The molecule has 1 unspecified atom stereocenters. The molecule has 3 rings (SSSR count). The van der Waals surface area contributed by atoms with E-state index in [2.05, 4.69) is 10.3 Å². The van der Waals surface area contributed by atoms with Crippen LogP contribution in [0.5, 0.6) is 0 Å². The lowest BCUT2D eigenvalue weighted by atomic mass is 10.1. The maximum atomic E-state index is 12.4. The standard InChI is InChI=1S/C19H21ClN4O3S2/c1-3-24-17-9-8-13(29(21,26)27)10-16(17)23-19(24)28-11-18(25)22-12(2)14-6-4-5-7-15(14)20/h4-10,12H,3,11H2,1-2H3,(H,22,25)(H2,21,26,27). The Kier molecular flexibility index (Phi) is 6.52. The lowest BCUT2D eigenvalue weighted by molar-refractivity contribution is -0.119. The summed E-state index contributed by atoms with van der Waals surface area (Å²) < 4.78 is 25.1. The molecule has 2 aromatic carbocycles. The van der Waals surface area contributed by atoms with Crippen LogP contribution in [0.25, 0.3) is 11.0 Å². The highest BCUT2D eigenvalue weighted by Gasteiger charge is 2.17. The van der Waals surface area contributed by atoms with E-state index in [4.69, 9.17) is 16.7 Å². The number of sulfonamides is 1. The van der Waals surface area contributed by atoms with Crippen LogP contribution in [0.15, 0.2) is 52.5 Å². The van der Waals surface area contributed by atoms with Crippen LogP contribution >= 0.6 is 23.4 Å². The molecule has 10 heteroatoms. The monoisotopic (exact) mass is 452 g/mol. The van der Waals surface area contributed by atoms with Crippen molar-refractivity contribution in [3.63, 3.8) is 0 Å². The molecular weight excluding hydrogens is 432 g/mol. The predicted molar refractivity (Wildman–Crippen MR) is 116 cm³/mol. The van der Waals surface area contributed by atoms with Crippen molar-refractivity contribution in [2.24, 2.45) is 5.14 Å². The van der Waals surface area contributed by atoms with Crippen LogP contribution in [0.3, 0.4) is 0 Å². The topological polar surface area (TPSA) is 107 Å². The van der Waals surface area contributed by atoms with Gasteiger partial charge >= 0.3 is 0 Å². The molecule has 29 heavy (non-hydrogen) atoms. The van der Waals surface area contributed by atoms with Gasteiger partial charge in [0.25, 0.3) is 0 Å². The van der Waals surface area contributed by atoms with Crippen LogP contribution in [0.1, 0.15) is 25.5 Å². The summed E-state index contributed by atoms with van der Waals surface area (Å²) in [4.78, 5) is 16.9. The van der Waals surface area contributed by atoms with Crippen LogP contribution in [0.2, 0.25) is 5.02 Å². The molecule has 0 radical (unpaired) electrons. The van der Waals surface area contributed by atoms with E-state index in [0.29, 0.717) is 22.2 Å². The van der Waals surface area contributed by atoms with Crippen LogP contribution in [-0.2, 0) is 21.4 Å². The zero-order valence-corrected chi connectivity index (χ0v) is 18.3. The number of fused-ring (bicyclic) bond motifs is 1. The minimum absolute atomic E-state index is 0.00797. The lowest BCUT2D eigenvalue weighted by Crippen LogP contribution is -2.28. The highest BCUT2D eigenvalue weighted by molar-refractivity contribution is 7.99. The quantitative estimate of drug-likeness (QED) is 0.534. The van der Waals surface area contributed by atoms with Gasteiger partial charge in [-0.2, -0.15) is 0 Å². The fourth-order valence-electron chi connectivity index (χ4n) is 3.00. The van der Waals surface area contributed by atoms with Crippen molar-refractivity contribution in [3.05, 3.63) is 53.1 Å². The molecule has 0 spiro atoms. The molecule has 1 heterocycles. The molecule has 0 bridgehead atoms. The number of carbonyl (C=O) groups is 1. The number of carbonyl (C=O) groups excluding carboxylic acids is 1. The molecule has 0 saturated carbocycles. The first kappa shape index (κ1) is 21.6. The molecular formula is C19H21ClN4O3S2. The fraction of sp³-hybridized carbons (Fsp3) is 0.263. The van der Waals surface area contributed by atoms with Crippen molar-refractivity contribution in [3.8, 4) is 0 Å². The van der Waals surface area contributed by atoms with Crippen LogP contribution in [0.4, 0.5) is 0 Å². The van der Waals surface area contributed by atoms with Crippen molar-refractivity contribution in [2.45, 2.75) is 36.5 Å². The SMILES string of the molecule is CCn1c(SCC(=O)NC(C)c2ccccc2Cl)nc2cc(S(N)(=O)=O)ccc21. The molecule has 0 aliphatic carbocycles. The smallest absolute Gasteiger partial charge is 0.238 e. The summed E-state index contributed by atoms with van der Waals surface area (Å²) in [7, 11) is -3.80. The highest BCUT2D eigenvalue weighted by atomic mass is 35.5. The Balaban J connectivity index is 1.74. The third-order valence-corrected chi connectivity index (χ3v) is 6.64. The van der Waals surface area contributed by atoms with E-state index in [-0.39, 0.29) is 22.6 Å². The largest absolute Gasteiger partial charge is 0.349 e. The summed E-state index contributed by atoms with van der Waals surface area (Å²) in [5.41, 5.74) is 2.15. The van der Waals surface area contributed by atoms with Gasteiger partial charge in [0, 0.05) is 11.6 Å². The fourth-order valence-corrected chi connectivity index (χ4v) is 4.72. The molecule has 3 aromatic rings. The van der Waals surface area contributed by atoms with E-state index in [0.717, 1.165) is 11.1 Å². The van der Waals surface area contributed by atoms with Crippen molar-refractivity contribution in [2.75, 3.05) is 5.75 Å². The minimum atomic E-state index is -3.80. The van der Waals surface area contributed by atoms with Gasteiger partial charge in [0.15, 0.2) is 5.16 Å². The van der Waals surface area contributed by atoms with E-state index in [9.17, 15) is 13.2 Å². The summed E-state index contributed by atoms with van der Waals surface area (Å²) >= 11 is 7.47. The average Bonchev–Trinajstić information content (AvgIpc) is 3.02. The molecule has 1 amide bonds. The molecule has 0 aliphatic heterocycles. The van der Waals surface area contributed by atoms with E-state index in [1.165, 1.54) is 23.9 Å². The van der Waals surface area contributed by atoms with E-state index in [1.807, 2.05) is 36.6 Å². The second-order valence-corrected chi connectivity index (χ2v) is 9.34. The van der Waals surface area contributed by atoms with Crippen LogP contribution < -0.4 is 10.5 Å². The van der Waals surface area contributed by atoms with Gasteiger partial charge in [-0.05, 0) is 43.7 Å². The van der Waals surface area contributed by atoms with E-state index in [1.54, 1.807) is 12.1 Å². The molecule has 1 aromatic heterocycles. The van der Waals surface area contributed by atoms with Gasteiger partial charge in [0.2, 0.25) is 15.9 Å². The predicted octanol–water partition coefficient (Wildman–Crippen LogP) is 3.33. The van der Waals surface area contributed by atoms with Crippen molar-refractivity contribution in [1.29, 1.82) is 0 Å². The third kappa shape index (κ3) is 4.92. The normalized spacial score (nSPS) is 12.8. The second kappa shape index (κ2) is 8.74. The number of primary sulfonamides is 1. The average molecular weight is 453 g/mol. The van der Waals surface area contributed by atoms with Crippen LogP contribution in [0, 0.1) is 0 Å². The molecule has 154 valence electrons. The first-order valence-corrected chi connectivity index (χ1v) is 11.8. The molecule has 1 atom stereocenters. The minimum Gasteiger partial charge on any atom is -0.349 e. The van der Waals surface area contributed by atoms with Gasteiger partial charge < -0.3 is 9.88 Å². The maximum Gasteiger partial charge on any atom is 0.238 e. The molecule has 3 N–H and O–H groups in total. The summed E-state index contributed by atoms with van der Waals surface area (Å²) in [6.07, 6.45) is 0. The third-order valence-electron chi connectivity index (χ3n) is 4.41. The number of rotatable bonds is 7. The number of nitrogens with two attached hydrogens (primary N) is 1. The number of hydrogen-bond acceptors (Lipinski definition) is 5. The zero-order chi connectivity index (χ0) is 21.2. The summed E-state index contributed by atoms with van der Waals surface area (Å²) in [5.74, 6) is 0.0162. The summed E-state index contributed by atoms with van der Waals surface area (Å²) in [5, 5.41) is 9.37. The number of nitrogens with one attached hydrogen (secondary N) is 1. The van der Waals surface area contributed by atoms with E-state index < -0.39 is 10.0 Å². The first-order valence-electron chi connectivity index (χ1n) is 8.90. The lowest BCUT2D eigenvalue weighted by Gasteiger charge is -2.15. The van der Waals surface area contributed by atoms with Gasteiger partial charge in [0.1, 0.15) is 0 Å². The molecule has 0 saturated heterocycles. The number of benzene rings is 2.